The molecule has 23 heavy (non-hydrogen) atoms. The van der Waals surface area contributed by atoms with Gasteiger partial charge in [0.1, 0.15) is 5.82 Å². The second-order valence-electron chi connectivity index (χ2n) is 6.09. The molecule has 0 radical (unpaired) electrons. The maximum atomic E-state index is 13.4. The number of amides is 3. The zero-order chi connectivity index (χ0) is 17.0. The molecule has 1 aromatic carbocycles. The van der Waals surface area contributed by atoms with Crippen molar-refractivity contribution in [1.29, 1.82) is 0 Å². The summed E-state index contributed by atoms with van der Waals surface area (Å²) in [5.74, 6) is -0.227. The van der Waals surface area contributed by atoms with Crippen LogP contribution in [0.3, 0.4) is 0 Å². The topological polar surface area (TPSA) is 52.7 Å². The minimum atomic E-state index is -0.278. The minimum absolute atomic E-state index is 0.0509. The van der Waals surface area contributed by atoms with E-state index in [1.807, 2.05) is 6.92 Å². The lowest BCUT2D eigenvalue weighted by Crippen LogP contribution is -2.45. The van der Waals surface area contributed by atoms with Crippen LogP contribution in [-0.2, 0) is 11.2 Å². The molecular formula is C17H24FN3O2. The van der Waals surface area contributed by atoms with Gasteiger partial charge in [0.2, 0.25) is 5.91 Å². The van der Waals surface area contributed by atoms with E-state index in [2.05, 4.69) is 5.32 Å². The number of urea groups is 1. The van der Waals surface area contributed by atoms with E-state index in [9.17, 15) is 14.0 Å². The van der Waals surface area contributed by atoms with Crippen molar-refractivity contribution in [2.45, 2.75) is 32.2 Å². The van der Waals surface area contributed by atoms with E-state index in [-0.39, 0.29) is 23.8 Å². The van der Waals surface area contributed by atoms with E-state index >= 15 is 0 Å². The highest BCUT2D eigenvalue weighted by atomic mass is 19.1. The number of nitrogens with one attached hydrogen (secondary N) is 1. The van der Waals surface area contributed by atoms with Crippen molar-refractivity contribution in [3.8, 4) is 0 Å². The second kappa shape index (κ2) is 7.44. The fraction of sp³-hybridized carbons (Fsp3) is 0.529. The summed E-state index contributed by atoms with van der Waals surface area (Å²) < 4.78 is 13.4. The third kappa shape index (κ3) is 4.21. The molecule has 1 aliphatic heterocycles. The number of benzene rings is 1. The largest absolute Gasteiger partial charge is 0.349 e. The molecule has 0 saturated carbocycles. The second-order valence-corrected chi connectivity index (χ2v) is 6.09. The Labute approximate surface area is 136 Å². The standard InChI is InChI=1S/C17H24FN3O2/c1-12-15-11-14(18)7-6-13(15)8-10-21(12)17(23)19-9-4-5-16(22)20(2)3/h6-7,11-12H,4-5,8-10H2,1-3H3,(H,19,23). The molecule has 1 N–H and O–H groups in total. The van der Waals surface area contributed by atoms with Gasteiger partial charge in [-0.2, -0.15) is 0 Å². The molecule has 126 valence electrons. The third-order valence-corrected chi connectivity index (χ3v) is 4.25. The summed E-state index contributed by atoms with van der Waals surface area (Å²) in [6.07, 6.45) is 1.75. The smallest absolute Gasteiger partial charge is 0.317 e. The van der Waals surface area contributed by atoms with Crippen molar-refractivity contribution in [3.63, 3.8) is 0 Å². The average molecular weight is 321 g/mol. The zero-order valence-corrected chi connectivity index (χ0v) is 13.9. The molecule has 0 aromatic heterocycles. The van der Waals surface area contributed by atoms with Crippen LogP contribution in [0.1, 0.15) is 36.9 Å². The highest BCUT2D eigenvalue weighted by molar-refractivity contribution is 5.76. The van der Waals surface area contributed by atoms with E-state index in [0.29, 0.717) is 25.9 Å². The molecule has 2 rings (SSSR count). The fourth-order valence-corrected chi connectivity index (χ4v) is 2.82. The Morgan fingerprint density at radius 3 is 2.83 bits per heavy atom. The number of rotatable bonds is 4. The number of hydrogen-bond donors (Lipinski definition) is 1. The summed E-state index contributed by atoms with van der Waals surface area (Å²) in [6, 6.07) is 4.45. The molecule has 3 amide bonds. The summed E-state index contributed by atoms with van der Waals surface area (Å²) in [5.41, 5.74) is 1.97. The van der Waals surface area contributed by atoms with Crippen LogP contribution in [-0.4, -0.2) is 48.9 Å². The Kier molecular flexibility index (Phi) is 5.58. The molecule has 1 unspecified atom stereocenters. The minimum Gasteiger partial charge on any atom is -0.349 e. The monoisotopic (exact) mass is 321 g/mol. The summed E-state index contributed by atoms with van der Waals surface area (Å²) in [6.45, 7) is 2.98. The number of hydrogen-bond acceptors (Lipinski definition) is 2. The van der Waals surface area contributed by atoms with Gasteiger partial charge >= 0.3 is 6.03 Å². The fourth-order valence-electron chi connectivity index (χ4n) is 2.82. The van der Waals surface area contributed by atoms with Crippen molar-refractivity contribution >= 4 is 11.9 Å². The van der Waals surface area contributed by atoms with Crippen LogP contribution in [0.2, 0.25) is 0 Å². The lowest BCUT2D eigenvalue weighted by molar-refractivity contribution is -0.128. The average Bonchev–Trinajstić information content (AvgIpc) is 2.51. The number of nitrogens with zero attached hydrogens (tertiary/aromatic N) is 2. The molecule has 0 bridgehead atoms. The Morgan fingerprint density at radius 1 is 1.39 bits per heavy atom. The predicted molar refractivity (Wildman–Crippen MR) is 86.6 cm³/mol. The number of halogens is 1. The molecule has 0 aliphatic carbocycles. The molecule has 0 saturated heterocycles. The molecule has 5 nitrogen and oxygen atoms in total. The van der Waals surface area contributed by atoms with E-state index in [1.54, 1.807) is 30.0 Å². The van der Waals surface area contributed by atoms with Crippen molar-refractivity contribution in [1.82, 2.24) is 15.1 Å². The molecule has 6 heteroatoms. The zero-order valence-electron chi connectivity index (χ0n) is 13.9. The maximum Gasteiger partial charge on any atom is 0.317 e. The van der Waals surface area contributed by atoms with E-state index in [0.717, 1.165) is 17.5 Å². The van der Waals surface area contributed by atoms with Gasteiger partial charge in [0, 0.05) is 33.6 Å². The highest BCUT2D eigenvalue weighted by Gasteiger charge is 2.27. The van der Waals surface area contributed by atoms with Gasteiger partial charge in [0.25, 0.3) is 0 Å². The predicted octanol–water partition coefficient (Wildman–Crippen LogP) is 2.32. The SMILES string of the molecule is CC1c2cc(F)ccc2CCN1C(=O)NCCCC(=O)N(C)C. The molecule has 1 heterocycles. The van der Waals surface area contributed by atoms with Crippen LogP contribution in [0.5, 0.6) is 0 Å². The van der Waals surface area contributed by atoms with E-state index < -0.39 is 0 Å². The summed E-state index contributed by atoms with van der Waals surface area (Å²) in [4.78, 5) is 27.0. The van der Waals surface area contributed by atoms with Crippen molar-refractivity contribution < 1.29 is 14.0 Å². The van der Waals surface area contributed by atoms with Crippen LogP contribution in [0.25, 0.3) is 0 Å². The van der Waals surface area contributed by atoms with Crippen LogP contribution < -0.4 is 5.32 Å². The Bertz CT molecular complexity index is 589. The van der Waals surface area contributed by atoms with E-state index in [4.69, 9.17) is 0 Å². The Balaban J connectivity index is 1.87. The lowest BCUT2D eigenvalue weighted by atomic mass is 9.94. The van der Waals surface area contributed by atoms with Crippen molar-refractivity contribution in [2.75, 3.05) is 27.2 Å². The molecule has 1 atom stereocenters. The van der Waals surface area contributed by atoms with Crippen LogP contribution in [0.4, 0.5) is 9.18 Å². The van der Waals surface area contributed by atoms with Gasteiger partial charge in [-0.3, -0.25) is 4.79 Å². The van der Waals surface area contributed by atoms with Crippen LogP contribution in [0.15, 0.2) is 18.2 Å². The molecule has 1 aliphatic rings. The molecule has 0 fully saturated rings. The lowest BCUT2D eigenvalue weighted by Gasteiger charge is -2.35. The van der Waals surface area contributed by atoms with Gasteiger partial charge in [-0.1, -0.05) is 6.07 Å². The van der Waals surface area contributed by atoms with Gasteiger partial charge in [-0.25, -0.2) is 9.18 Å². The number of fused-ring (bicyclic) bond motifs is 1. The van der Waals surface area contributed by atoms with Gasteiger partial charge in [-0.05, 0) is 43.0 Å². The van der Waals surface area contributed by atoms with E-state index in [1.165, 1.54) is 12.1 Å². The quantitative estimate of drug-likeness (QED) is 0.865. The number of carbonyl (C=O) groups excluding carboxylic acids is 2. The summed E-state index contributed by atoms with van der Waals surface area (Å²) in [5, 5.41) is 2.85. The number of carbonyl (C=O) groups is 2. The maximum absolute atomic E-state index is 13.4. The highest BCUT2D eigenvalue weighted by Crippen LogP contribution is 2.29. The summed E-state index contributed by atoms with van der Waals surface area (Å²) >= 11 is 0. The first-order valence-electron chi connectivity index (χ1n) is 7.93. The molecular weight excluding hydrogens is 297 g/mol. The van der Waals surface area contributed by atoms with Gasteiger partial charge in [-0.15, -0.1) is 0 Å². The van der Waals surface area contributed by atoms with Gasteiger partial charge in [0.15, 0.2) is 0 Å². The van der Waals surface area contributed by atoms with Crippen molar-refractivity contribution in [3.05, 3.63) is 35.1 Å². The first-order valence-corrected chi connectivity index (χ1v) is 7.93. The molecule has 0 spiro atoms. The normalized spacial score (nSPS) is 16.7. The van der Waals surface area contributed by atoms with Crippen LogP contribution >= 0.6 is 0 Å². The first kappa shape index (κ1) is 17.2. The Hall–Kier alpha value is -2.11. The summed E-state index contributed by atoms with van der Waals surface area (Å²) in [7, 11) is 3.43. The first-order chi connectivity index (χ1) is 10.9. The molecule has 1 aromatic rings. The van der Waals surface area contributed by atoms with Crippen LogP contribution in [0, 0.1) is 5.82 Å². The van der Waals surface area contributed by atoms with Gasteiger partial charge in [0.05, 0.1) is 6.04 Å². The Morgan fingerprint density at radius 2 is 2.13 bits per heavy atom. The van der Waals surface area contributed by atoms with Crippen molar-refractivity contribution in [2.24, 2.45) is 0 Å². The third-order valence-electron chi connectivity index (χ3n) is 4.25. The van der Waals surface area contributed by atoms with Gasteiger partial charge < -0.3 is 15.1 Å².